The Morgan fingerprint density at radius 2 is 1.67 bits per heavy atom. The first-order chi connectivity index (χ1) is 11.6. The third kappa shape index (κ3) is 2.34. The van der Waals surface area contributed by atoms with Crippen molar-refractivity contribution in [1.82, 2.24) is 14.2 Å². The fourth-order valence-electron chi connectivity index (χ4n) is 2.74. The normalized spacial score (nSPS) is 11.0. The minimum atomic E-state index is -0.0357. The van der Waals surface area contributed by atoms with Crippen LogP contribution in [0.3, 0.4) is 0 Å². The number of rotatable bonds is 2. The van der Waals surface area contributed by atoms with Crippen molar-refractivity contribution in [3.05, 3.63) is 77.7 Å². The second-order valence-corrected chi connectivity index (χ2v) is 5.64. The topological polar surface area (TPSA) is 63.4 Å². The van der Waals surface area contributed by atoms with E-state index in [1.54, 1.807) is 36.3 Å². The molecule has 0 saturated carbocycles. The number of nitrogens with zero attached hydrogens (tertiary/aromatic N) is 4. The molecule has 6 nitrogen and oxygen atoms in total. The molecule has 0 spiro atoms. The first-order valence-corrected chi connectivity index (χ1v) is 7.47. The Bertz CT molecular complexity index is 1090. The summed E-state index contributed by atoms with van der Waals surface area (Å²) in [5, 5.41) is 13.8. The molecule has 1 N–H and O–H groups in total. The van der Waals surface area contributed by atoms with Gasteiger partial charge in [-0.1, -0.05) is 6.07 Å². The molecule has 0 aliphatic heterocycles. The maximum atomic E-state index is 11.5. The second kappa shape index (κ2) is 5.34. The molecule has 0 bridgehead atoms. The number of aryl methyl sites for hydroxylation is 1. The lowest BCUT2D eigenvalue weighted by atomic mass is 10.1. The average Bonchev–Trinajstić information content (AvgIpc) is 3.01. The smallest absolute Gasteiger partial charge is 0.250 e. The zero-order valence-electron chi connectivity index (χ0n) is 13.0. The van der Waals surface area contributed by atoms with Crippen LogP contribution < -0.4 is 10.3 Å². The molecule has 4 heterocycles. The molecule has 0 aliphatic carbocycles. The minimum Gasteiger partial charge on any atom is -0.318 e. The lowest BCUT2D eigenvalue weighted by Crippen LogP contribution is -2.27. The van der Waals surface area contributed by atoms with Crippen molar-refractivity contribution >= 4 is 5.52 Å². The van der Waals surface area contributed by atoms with Crippen LogP contribution in [0.15, 0.2) is 72.2 Å². The van der Waals surface area contributed by atoms with Crippen molar-refractivity contribution in [2.45, 2.75) is 0 Å². The molecule has 0 atom stereocenters. The molecule has 0 aromatic carbocycles. The SMILES string of the molecule is Cn1cc(-c2ccc3c(-c4cc[n+](O)cc4)cnn3c2)ccc1=O. The van der Waals surface area contributed by atoms with Crippen molar-refractivity contribution < 1.29 is 9.94 Å². The monoisotopic (exact) mass is 319 g/mol. The molecule has 0 saturated heterocycles. The van der Waals surface area contributed by atoms with Crippen molar-refractivity contribution in [2.75, 3.05) is 0 Å². The third-order valence-corrected chi connectivity index (χ3v) is 4.06. The van der Waals surface area contributed by atoms with Gasteiger partial charge in [-0.2, -0.15) is 5.10 Å². The summed E-state index contributed by atoms with van der Waals surface area (Å²) < 4.78 is 4.38. The molecule has 4 rings (SSSR count). The molecule has 0 amide bonds. The Balaban J connectivity index is 1.81. The van der Waals surface area contributed by atoms with Gasteiger partial charge in [-0.15, -0.1) is 0 Å². The predicted molar refractivity (Wildman–Crippen MR) is 88.7 cm³/mol. The Kier molecular flexibility index (Phi) is 3.16. The number of aromatic nitrogens is 4. The third-order valence-electron chi connectivity index (χ3n) is 4.06. The van der Waals surface area contributed by atoms with Crippen LogP contribution in [0, 0.1) is 0 Å². The first kappa shape index (κ1) is 14.2. The molecular formula is C18H15N4O2+. The lowest BCUT2D eigenvalue weighted by Gasteiger charge is -2.05. The quantitative estimate of drug-likeness (QED) is 0.453. The fourth-order valence-corrected chi connectivity index (χ4v) is 2.74. The highest BCUT2D eigenvalue weighted by molar-refractivity contribution is 5.80. The van der Waals surface area contributed by atoms with Gasteiger partial charge in [-0.25, -0.2) is 4.52 Å². The van der Waals surface area contributed by atoms with Crippen LogP contribution in [0.1, 0.15) is 0 Å². The highest BCUT2D eigenvalue weighted by Gasteiger charge is 2.09. The van der Waals surface area contributed by atoms with Gasteiger partial charge in [0.1, 0.15) is 0 Å². The predicted octanol–water partition coefficient (Wildman–Crippen LogP) is 1.89. The van der Waals surface area contributed by atoms with Crippen LogP contribution in [0.25, 0.3) is 27.8 Å². The van der Waals surface area contributed by atoms with Crippen LogP contribution in [0.5, 0.6) is 0 Å². The highest BCUT2D eigenvalue weighted by Crippen LogP contribution is 2.26. The van der Waals surface area contributed by atoms with E-state index in [2.05, 4.69) is 5.10 Å². The molecule has 4 aromatic rings. The fraction of sp³-hybridized carbons (Fsp3) is 0.0556. The van der Waals surface area contributed by atoms with Gasteiger partial charge in [-0.05, 0) is 23.3 Å². The molecule has 4 aromatic heterocycles. The summed E-state index contributed by atoms with van der Waals surface area (Å²) in [7, 11) is 1.74. The second-order valence-electron chi connectivity index (χ2n) is 5.64. The van der Waals surface area contributed by atoms with Crippen molar-refractivity contribution in [3.63, 3.8) is 0 Å². The van der Waals surface area contributed by atoms with Gasteiger partial charge in [0.25, 0.3) is 0 Å². The summed E-state index contributed by atoms with van der Waals surface area (Å²) in [6.45, 7) is 0. The van der Waals surface area contributed by atoms with Crippen LogP contribution in [-0.4, -0.2) is 19.4 Å². The van der Waals surface area contributed by atoms with Gasteiger partial charge in [-0.3, -0.25) is 10.0 Å². The number of fused-ring (bicyclic) bond motifs is 1. The lowest BCUT2D eigenvalue weighted by molar-refractivity contribution is -0.904. The van der Waals surface area contributed by atoms with E-state index in [0.717, 1.165) is 32.5 Å². The largest absolute Gasteiger partial charge is 0.318 e. The van der Waals surface area contributed by atoms with Crippen LogP contribution >= 0.6 is 0 Å². The summed E-state index contributed by atoms with van der Waals surface area (Å²) in [5.41, 5.74) is 4.84. The summed E-state index contributed by atoms with van der Waals surface area (Å²) in [4.78, 5) is 11.5. The number of pyridine rings is 3. The molecule has 0 unspecified atom stereocenters. The van der Waals surface area contributed by atoms with Gasteiger partial charge in [0.2, 0.25) is 18.0 Å². The molecule has 0 radical (unpaired) electrons. The zero-order chi connectivity index (χ0) is 16.7. The highest BCUT2D eigenvalue weighted by atomic mass is 16.5. The summed E-state index contributed by atoms with van der Waals surface area (Å²) in [6, 6.07) is 11.0. The molecular weight excluding hydrogens is 304 g/mol. The molecule has 24 heavy (non-hydrogen) atoms. The van der Waals surface area contributed by atoms with Gasteiger partial charge in [0, 0.05) is 53.5 Å². The standard InChI is InChI=1S/C18H15N4O2/c1-20-11-14(3-5-18(20)23)15-2-4-17-16(10-19-22(17)12-15)13-6-8-21(24)9-7-13/h2-12,24H,1H3/q+1. The Hall–Kier alpha value is -3.41. The van der Waals surface area contributed by atoms with Crippen molar-refractivity contribution in [3.8, 4) is 22.3 Å². The van der Waals surface area contributed by atoms with E-state index in [1.807, 2.05) is 47.2 Å². The van der Waals surface area contributed by atoms with Crippen LogP contribution in [0.2, 0.25) is 0 Å². The molecule has 6 heteroatoms. The molecule has 0 fully saturated rings. The van der Waals surface area contributed by atoms with E-state index < -0.39 is 0 Å². The van der Waals surface area contributed by atoms with Crippen LogP contribution in [-0.2, 0) is 7.05 Å². The van der Waals surface area contributed by atoms with E-state index in [0.29, 0.717) is 0 Å². The maximum Gasteiger partial charge on any atom is 0.250 e. The van der Waals surface area contributed by atoms with Gasteiger partial charge < -0.3 is 4.57 Å². The maximum absolute atomic E-state index is 11.5. The van der Waals surface area contributed by atoms with Gasteiger partial charge >= 0.3 is 0 Å². The van der Waals surface area contributed by atoms with Gasteiger partial charge in [0.05, 0.1) is 11.7 Å². The van der Waals surface area contributed by atoms with E-state index in [4.69, 9.17) is 0 Å². The van der Waals surface area contributed by atoms with Gasteiger partial charge in [0.15, 0.2) is 0 Å². The van der Waals surface area contributed by atoms with Crippen LogP contribution in [0.4, 0.5) is 0 Å². The average molecular weight is 319 g/mol. The zero-order valence-corrected chi connectivity index (χ0v) is 13.0. The molecule has 118 valence electrons. The molecule has 0 aliphatic rings. The van der Waals surface area contributed by atoms with E-state index >= 15 is 0 Å². The Labute approximate surface area is 137 Å². The summed E-state index contributed by atoms with van der Waals surface area (Å²) in [6.07, 6.45) is 8.71. The summed E-state index contributed by atoms with van der Waals surface area (Å²) in [5.74, 6) is 0. The van der Waals surface area contributed by atoms with E-state index in [9.17, 15) is 10.0 Å². The Morgan fingerprint density at radius 3 is 2.42 bits per heavy atom. The number of hydrogen-bond acceptors (Lipinski definition) is 3. The van der Waals surface area contributed by atoms with E-state index in [-0.39, 0.29) is 5.56 Å². The minimum absolute atomic E-state index is 0.0357. The first-order valence-electron chi connectivity index (χ1n) is 7.47. The van der Waals surface area contributed by atoms with E-state index in [1.165, 1.54) is 0 Å². The summed E-state index contributed by atoms with van der Waals surface area (Å²) >= 11 is 0. The Morgan fingerprint density at radius 1 is 0.958 bits per heavy atom. The van der Waals surface area contributed by atoms with Crippen molar-refractivity contribution in [1.29, 1.82) is 0 Å². The number of hydrogen-bond donors (Lipinski definition) is 1. The van der Waals surface area contributed by atoms with Crippen molar-refractivity contribution in [2.24, 2.45) is 7.05 Å².